The molecular formula is C16H30. The first-order chi connectivity index (χ1) is 7.41. The van der Waals surface area contributed by atoms with Crippen molar-refractivity contribution < 1.29 is 0 Å². The van der Waals surface area contributed by atoms with E-state index in [2.05, 4.69) is 53.7 Å². The maximum Gasteiger partial charge on any atom is -0.0312 e. The lowest BCUT2D eigenvalue weighted by Crippen LogP contribution is -2.10. The van der Waals surface area contributed by atoms with Gasteiger partial charge in [-0.3, -0.25) is 0 Å². The van der Waals surface area contributed by atoms with Gasteiger partial charge in [0.25, 0.3) is 0 Å². The molecule has 0 aliphatic carbocycles. The zero-order valence-electron chi connectivity index (χ0n) is 12.2. The highest BCUT2D eigenvalue weighted by Gasteiger charge is 2.16. The summed E-state index contributed by atoms with van der Waals surface area (Å²) in [5, 5.41) is 0. The predicted octanol–water partition coefficient (Wildman–Crippen LogP) is 5.90. The Hall–Kier alpha value is -0.520. The largest absolute Gasteiger partial charge is 0.0764 e. The summed E-state index contributed by atoms with van der Waals surface area (Å²) >= 11 is 0. The second-order valence-corrected chi connectivity index (χ2v) is 5.84. The molecule has 0 N–H and O–H groups in total. The van der Waals surface area contributed by atoms with Crippen molar-refractivity contribution in [1.82, 2.24) is 0 Å². The van der Waals surface area contributed by atoms with Crippen molar-refractivity contribution in [2.75, 3.05) is 0 Å². The van der Waals surface area contributed by atoms with Gasteiger partial charge in [0.15, 0.2) is 0 Å². The molecule has 0 saturated carbocycles. The average Bonchev–Trinajstić information content (AvgIpc) is 2.17. The summed E-state index contributed by atoms with van der Waals surface area (Å²) in [4.78, 5) is 0. The van der Waals surface area contributed by atoms with Crippen molar-refractivity contribution in [2.45, 2.75) is 73.6 Å². The van der Waals surface area contributed by atoms with E-state index in [0.29, 0.717) is 5.41 Å². The average molecular weight is 222 g/mol. The van der Waals surface area contributed by atoms with E-state index in [1.807, 2.05) is 0 Å². The molecule has 0 aromatic heterocycles. The quantitative estimate of drug-likeness (QED) is 0.471. The van der Waals surface area contributed by atoms with Gasteiger partial charge in [0, 0.05) is 0 Å². The zero-order chi connectivity index (χ0) is 12.6. The Bertz CT molecular complexity index is 237. The highest BCUT2D eigenvalue weighted by Crippen LogP contribution is 2.30. The first kappa shape index (κ1) is 15.5. The van der Waals surface area contributed by atoms with Crippen LogP contribution in [0.3, 0.4) is 0 Å². The van der Waals surface area contributed by atoms with E-state index < -0.39 is 0 Å². The molecule has 0 saturated heterocycles. The van der Waals surface area contributed by atoms with Crippen LogP contribution in [-0.2, 0) is 0 Å². The van der Waals surface area contributed by atoms with E-state index in [9.17, 15) is 0 Å². The third-order valence-corrected chi connectivity index (χ3v) is 3.16. The van der Waals surface area contributed by atoms with Gasteiger partial charge in [-0.15, -0.1) is 0 Å². The molecule has 0 bridgehead atoms. The van der Waals surface area contributed by atoms with Crippen molar-refractivity contribution in [3.63, 3.8) is 0 Å². The molecule has 0 fully saturated rings. The Morgan fingerprint density at radius 2 is 1.62 bits per heavy atom. The lowest BCUT2D eigenvalue weighted by atomic mass is 9.82. The normalized spacial score (nSPS) is 12.8. The van der Waals surface area contributed by atoms with E-state index in [1.54, 1.807) is 5.57 Å². The second kappa shape index (κ2) is 7.70. The molecule has 0 unspecified atom stereocenters. The molecule has 0 rings (SSSR count). The molecule has 0 nitrogen and oxygen atoms in total. The SMILES string of the molecule is CCCC(C)(C)CC/C(=C/C=C(C)C)CC. The van der Waals surface area contributed by atoms with Crippen LogP contribution in [-0.4, -0.2) is 0 Å². The molecule has 0 aromatic rings. The molecule has 0 aromatic carbocycles. The molecule has 0 amide bonds. The fourth-order valence-electron chi connectivity index (χ4n) is 1.96. The van der Waals surface area contributed by atoms with E-state index in [4.69, 9.17) is 0 Å². The van der Waals surface area contributed by atoms with Crippen molar-refractivity contribution in [3.05, 3.63) is 23.3 Å². The van der Waals surface area contributed by atoms with Gasteiger partial charge in [-0.05, 0) is 44.9 Å². The van der Waals surface area contributed by atoms with Gasteiger partial charge in [0.1, 0.15) is 0 Å². The van der Waals surface area contributed by atoms with Crippen LogP contribution in [0.2, 0.25) is 0 Å². The zero-order valence-corrected chi connectivity index (χ0v) is 12.2. The van der Waals surface area contributed by atoms with Gasteiger partial charge in [-0.2, -0.15) is 0 Å². The number of hydrogen-bond donors (Lipinski definition) is 0. The Morgan fingerprint density at radius 3 is 2.06 bits per heavy atom. The fraction of sp³-hybridized carbons (Fsp3) is 0.750. The standard InChI is InChI=1S/C16H30/c1-7-12-16(5,6)13-11-15(8-2)10-9-14(3)4/h9-10H,7-8,11-13H2,1-6H3/b15-10+. The van der Waals surface area contributed by atoms with Crippen LogP contribution in [0.15, 0.2) is 23.3 Å². The fourth-order valence-corrected chi connectivity index (χ4v) is 1.96. The molecule has 0 heteroatoms. The number of rotatable bonds is 7. The van der Waals surface area contributed by atoms with Gasteiger partial charge >= 0.3 is 0 Å². The summed E-state index contributed by atoms with van der Waals surface area (Å²) < 4.78 is 0. The Labute approximate surface area is 103 Å². The van der Waals surface area contributed by atoms with Crippen LogP contribution in [0.1, 0.15) is 73.6 Å². The van der Waals surface area contributed by atoms with Gasteiger partial charge in [-0.1, -0.05) is 57.4 Å². The van der Waals surface area contributed by atoms with E-state index >= 15 is 0 Å². The molecule has 0 aliphatic heterocycles. The molecule has 0 aliphatic rings. The lowest BCUT2D eigenvalue weighted by molar-refractivity contribution is 0.303. The van der Waals surface area contributed by atoms with Crippen LogP contribution >= 0.6 is 0 Å². The Morgan fingerprint density at radius 1 is 1.00 bits per heavy atom. The van der Waals surface area contributed by atoms with Crippen molar-refractivity contribution >= 4 is 0 Å². The van der Waals surface area contributed by atoms with Crippen LogP contribution in [0.4, 0.5) is 0 Å². The minimum atomic E-state index is 0.508. The van der Waals surface area contributed by atoms with Crippen LogP contribution in [0.25, 0.3) is 0 Å². The minimum absolute atomic E-state index is 0.508. The monoisotopic (exact) mass is 222 g/mol. The second-order valence-electron chi connectivity index (χ2n) is 5.84. The highest BCUT2D eigenvalue weighted by molar-refractivity contribution is 5.15. The predicted molar refractivity (Wildman–Crippen MR) is 75.7 cm³/mol. The van der Waals surface area contributed by atoms with Crippen molar-refractivity contribution in [3.8, 4) is 0 Å². The molecule has 0 heterocycles. The molecule has 0 radical (unpaired) electrons. The van der Waals surface area contributed by atoms with Gasteiger partial charge in [0.05, 0.1) is 0 Å². The van der Waals surface area contributed by atoms with Gasteiger partial charge < -0.3 is 0 Å². The van der Waals surface area contributed by atoms with Gasteiger partial charge in [0.2, 0.25) is 0 Å². The topological polar surface area (TPSA) is 0 Å². The smallest absolute Gasteiger partial charge is 0.0312 e. The first-order valence-corrected chi connectivity index (χ1v) is 6.74. The summed E-state index contributed by atoms with van der Waals surface area (Å²) in [5.41, 5.74) is 3.48. The number of hydrogen-bond acceptors (Lipinski definition) is 0. The van der Waals surface area contributed by atoms with Crippen LogP contribution < -0.4 is 0 Å². The molecule has 16 heavy (non-hydrogen) atoms. The first-order valence-electron chi connectivity index (χ1n) is 6.74. The molecule has 0 spiro atoms. The summed E-state index contributed by atoms with van der Waals surface area (Å²) in [6, 6.07) is 0. The Balaban J connectivity index is 4.25. The molecule has 94 valence electrons. The third-order valence-electron chi connectivity index (χ3n) is 3.16. The molecule has 0 atom stereocenters. The van der Waals surface area contributed by atoms with E-state index in [-0.39, 0.29) is 0 Å². The number of allylic oxidation sites excluding steroid dienone is 4. The van der Waals surface area contributed by atoms with Crippen molar-refractivity contribution in [2.24, 2.45) is 5.41 Å². The van der Waals surface area contributed by atoms with E-state index in [1.165, 1.54) is 37.7 Å². The summed E-state index contributed by atoms with van der Waals surface area (Å²) in [6.07, 6.45) is 11.0. The maximum atomic E-state index is 2.39. The van der Waals surface area contributed by atoms with Crippen molar-refractivity contribution in [1.29, 1.82) is 0 Å². The summed E-state index contributed by atoms with van der Waals surface area (Å²) in [7, 11) is 0. The third kappa shape index (κ3) is 7.73. The highest BCUT2D eigenvalue weighted by atomic mass is 14.2. The maximum absolute atomic E-state index is 2.39. The summed E-state index contributed by atoms with van der Waals surface area (Å²) in [5.74, 6) is 0. The van der Waals surface area contributed by atoms with E-state index in [0.717, 1.165) is 0 Å². The summed E-state index contributed by atoms with van der Waals surface area (Å²) in [6.45, 7) is 13.6. The van der Waals surface area contributed by atoms with Gasteiger partial charge in [-0.25, -0.2) is 0 Å². The Kier molecular flexibility index (Phi) is 7.45. The minimum Gasteiger partial charge on any atom is -0.0764 e. The molecular weight excluding hydrogens is 192 g/mol. The van der Waals surface area contributed by atoms with Crippen LogP contribution in [0, 0.1) is 5.41 Å². The lowest BCUT2D eigenvalue weighted by Gasteiger charge is -2.24. The van der Waals surface area contributed by atoms with Crippen LogP contribution in [0.5, 0.6) is 0 Å².